The Morgan fingerprint density at radius 3 is 3.00 bits per heavy atom. The summed E-state index contributed by atoms with van der Waals surface area (Å²) in [7, 11) is 0. The van der Waals surface area contributed by atoms with Gasteiger partial charge in [0.2, 0.25) is 11.8 Å². The summed E-state index contributed by atoms with van der Waals surface area (Å²) in [6.07, 6.45) is 3.66. The number of pyridine rings is 1. The number of amides is 1. The Bertz CT molecular complexity index is 1030. The molecule has 4 aromatic rings. The number of aryl methyl sites for hydroxylation is 1. The number of fused-ring (bicyclic) bond motifs is 1. The van der Waals surface area contributed by atoms with E-state index in [0.29, 0.717) is 17.3 Å². The second kappa shape index (κ2) is 6.49. The van der Waals surface area contributed by atoms with Crippen LogP contribution in [0.4, 0.5) is 5.69 Å². The number of hydrogen-bond acceptors (Lipinski definition) is 5. The molecular formula is C19H15N3O2S. The van der Waals surface area contributed by atoms with E-state index in [9.17, 15) is 4.79 Å². The molecule has 0 saturated carbocycles. The van der Waals surface area contributed by atoms with Crippen LogP contribution in [-0.2, 0) is 11.2 Å². The van der Waals surface area contributed by atoms with Gasteiger partial charge >= 0.3 is 0 Å². The summed E-state index contributed by atoms with van der Waals surface area (Å²) in [5, 5.41) is 6.87. The van der Waals surface area contributed by atoms with E-state index >= 15 is 0 Å². The van der Waals surface area contributed by atoms with Gasteiger partial charge in [0, 0.05) is 28.9 Å². The Hall–Kier alpha value is -2.99. The first kappa shape index (κ1) is 15.5. The van der Waals surface area contributed by atoms with Crippen LogP contribution in [0.5, 0.6) is 0 Å². The van der Waals surface area contributed by atoms with Crippen molar-refractivity contribution in [3.63, 3.8) is 0 Å². The number of anilines is 1. The van der Waals surface area contributed by atoms with Gasteiger partial charge in [-0.15, -0.1) is 11.3 Å². The lowest BCUT2D eigenvalue weighted by Gasteiger charge is -2.07. The van der Waals surface area contributed by atoms with Crippen LogP contribution >= 0.6 is 11.3 Å². The minimum Gasteiger partial charge on any atom is -0.440 e. The number of nitrogens with one attached hydrogen (secondary N) is 1. The second-order valence-electron chi connectivity index (χ2n) is 5.63. The average molecular weight is 349 g/mol. The molecule has 0 aliphatic rings. The fraction of sp³-hybridized carbons (Fsp3) is 0.105. The molecule has 0 saturated heterocycles. The molecule has 124 valence electrons. The number of thiophene rings is 1. The molecule has 25 heavy (non-hydrogen) atoms. The summed E-state index contributed by atoms with van der Waals surface area (Å²) in [5.74, 6) is 1.10. The molecule has 1 N–H and O–H groups in total. The Labute approximate surface area is 148 Å². The number of nitrogens with zero attached hydrogens (tertiary/aromatic N) is 2. The van der Waals surface area contributed by atoms with Crippen LogP contribution in [0, 0.1) is 6.92 Å². The van der Waals surface area contributed by atoms with Crippen molar-refractivity contribution in [2.24, 2.45) is 0 Å². The number of carbonyl (C=O) groups excluding carboxylic acids is 1. The Morgan fingerprint density at radius 1 is 1.24 bits per heavy atom. The molecule has 3 heterocycles. The van der Waals surface area contributed by atoms with Crippen molar-refractivity contribution in [3.05, 3.63) is 65.6 Å². The standard InChI is InChI=1S/C19H15N3O2S/c1-12-16(22-19(24-12)17-6-3-9-25-17)10-18(23)21-15-5-2-4-13-11-20-8-7-14(13)15/h2-9,11H,10H2,1H3,(H,21,23). The zero-order valence-corrected chi connectivity index (χ0v) is 14.3. The fourth-order valence-corrected chi connectivity index (χ4v) is 3.32. The van der Waals surface area contributed by atoms with Gasteiger partial charge in [-0.3, -0.25) is 9.78 Å². The van der Waals surface area contributed by atoms with Gasteiger partial charge in [-0.1, -0.05) is 18.2 Å². The molecule has 3 aromatic heterocycles. The summed E-state index contributed by atoms with van der Waals surface area (Å²) in [6, 6.07) is 11.5. The van der Waals surface area contributed by atoms with Crippen molar-refractivity contribution in [3.8, 4) is 10.8 Å². The van der Waals surface area contributed by atoms with E-state index in [0.717, 1.165) is 21.3 Å². The van der Waals surface area contributed by atoms with E-state index in [1.54, 1.807) is 23.7 Å². The number of carbonyl (C=O) groups is 1. The maximum atomic E-state index is 12.5. The Morgan fingerprint density at radius 2 is 2.16 bits per heavy atom. The highest BCUT2D eigenvalue weighted by Crippen LogP contribution is 2.26. The number of rotatable bonds is 4. The summed E-state index contributed by atoms with van der Waals surface area (Å²) in [6.45, 7) is 1.83. The molecule has 0 fully saturated rings. The second-order valence-corrected chi connectivity index (χ2v) is 6.57. The highest BCUT2D eigenvalue weighted by atomic mass is 32.1. The van der Waals surface area contributed by atoms with E-state index in [2.05, 4.69) is 15.3 Å². The molecule has 0 aliphatic heterocycles. The molecule has 0 spiro atoms. The topological polar surface area (TPSA) is 68.0 Å². The van der Waals surface area contributed by atoms with E-state index in [-0.39, 0.29) is 12.3 Å². The molecule has 1 aromatic carbocycles. The van der Waals surface area contributed by atoms with Crippen molar-refractivity contribution >= 4 is 33.7 Å². The average Bonchev–Trinajstić information content (AvgIpc) is 3.26. The SMILES string of the molecule is Cc1oc(-c2cccs2)nc1CC(=O)Nc1cccc2cnccc12. The van der Waals surface area contributed by atoms with Gasteiger partial charge in [0.15, 0.2) is 0 Å². The largest absolute Gasteiger partial charge is 0.440 e. The number of benzene rings is 1. The molecule has 5 nitrogen and oxygen atoms in total. The van der Waals surface area contributed by atoms with Gasteiger partial charge in [-0.25, -0.2) is 4.98 Å². The van der Waals surface area contributed by atoms with E-state index in [1.165, 1.54) is 0 Å². The van der Waals surface area contributed by atoms with Gasteiger partial charge in [0.05, 0.1) is 17.0 Å². The Balaban J connectivity index is 1.54. The van der Waals surface area contributed by atoms with Crippen LogP contribution in [0.2, 0.25) is 0 Å². The fourth-order valence-electron chi connectivity index (χ4n) is 2.68. The van der Waals surface area contributed by atoms with Crippen molar-refractivity contribution in [1.29, 1.82) is 0 Å². The van der Waals surface area contributed by atoms with Crippen molar-refractivity contribution < 1.29 is 9.21 Å². The van der Waals surface area contributed by atoms with Crippen molar-refractivity contribution in [2.45, 2.75) is 13.3 Å². The van der Waals surface area contributed by atoms with Crippen molar-refractivity contribution in [1.82, 2.24) is 9.97 Å². The summed E-state index contributed by atoms with van der Waals surface area (Å²) in [4.78, 5) is 22.0. The highest BCUT2D eigenvalue weighted by molar-refractivity contribution is 7.13. The number of aromatic nitrogens is 2. The molecule has 1 amide bonds. The van der Waals surface area contributed by atoms with Crippen LogP contribution in [0.1, 0.15) is 11.5 Å². The first-order chi connectivity index (χ1) is 12.2. The molecule has 0 unspecified atom stereocenters. The monoisotopic (exact) mass is 349 g/mol. The molecule has 0 bridgehead atoms. The molecule has 0 aliphatic carbocycles. The van der Waals surface area contributed by atoms with Gasteiger partial charge in [0.25, 0.3) is 0 Å². The first-order valence-corrected chi connectivity index (χ1v) is 8.71. The number of hydrogen-bond donors (Lipinski definition) is 1. The lowest BCUT2D eigenvalue weighted by molar-refractivity contribution is -0.115. The maximum absolute atomic E-state index is 12.5. The van der Waals surface area contributed by atoms with Crippen LogP contribution in [-0.4, -0.2) is 15.9 Å². The normalized spacial score (nSPS) is 10.9. The van der Waals surface area contributed by atoms with Gasteiger partial charge in [0.1, 0.15) is 5.76 Å². The highest BCUT2D eigenvalue weighted by Gasteiger charge is 2.16. The van der Waals surface area contributed by atoms with Crippen LogP contribution < -0.4 is 5.32 Å². The summed E-state index contributed by atoms with van der Waals surface area (Å²) >= 11 is 1.56. The predicted molar refractivity (Wildman–Crippen MR) is 98.6 cm³/mol. The molecule has 0 radical (unpaired) electrons. The van der Waals surface area contributed by atoms with Gasteiger partial charge in [-0.05, 0) is 30.5 Å². The third-order valence-corrected chi connectivity index (χ3v) is 4.77. The molecule has 6 heteroatoms. The lowest BCUT2D eigenvalue weighted by atomic mass is 10.1. The minimum absolute atomic E-state index is 0.126. The Kier molecular flexibility index (Phi) is 4.03. The van der Waals surface area contributed by atoms with E-state index < -0.39 is 0 Å². The van der Waals surface area contributed by atoms with Gasteiger partial charge < -0.3 is 9.73 Å². The molecular weight excluding hydrogens is 334 g/mol. The maximum Gasteiger partial charge on any atom is 0.236 e. The van der Waals surface area contributed by atoms with E-state index in [1.807, 2.05) is 48.7 Å². The zero-order chi connectivity index (χ0) is 17.2. The van der Waals surface area contributed by atoms with E-state index in [4.69, 9.17) is 4.42 Å². The molecule has 0 atom stereocenters. The van der Waals surface area contributed by atoms with Crippen LogP contribution in [0.15, 0.2) is 58.6 Å². The van der Waals surface area contributed by atoms with Crippen LogP contribution in [0.3, 0.4) is 0 Å². The summed E-state index contributed by atoms with van der Waals surface area (Å²) in [5.41, 5.74) is 1.42. The molecule has 4 rings (SSSR count). The van der Waals surface area contributed by atoms with Crippen molar-refractivity contribution in [2.75, 3.05) is 5.32 Å². The van der Waals surface area contributed by atoms with Gasteiger partial charge in [-0.2, -0.15) is 0 Å². The third kappa shape index (κ3) is 3.16. The zero-order valence-electron chi connectivity index (χ0n) is 13.5. The lowest BCUT2D eigenvalue weighted by Crippen LogP contribution is -2.15. The number of oxazole rings is 1. The smallest absolute Gasteiger partial charge is 0.236 e. The minimum atomic E-state index is -0.126. The predicted octanol–water partition coefficient (Wildman–Crippen LogP) is 4.44. The van der Waals surface area contributed by atoms with Crippen LogP contribution in [0.25, 0.3) is 21.5 Å². The summed E-state index contributed by atoms with van der Waals surface area (Å²) < 4.78 is 5.69. The first-order valence-electron chi connectivity index (χ1n) is 7.83. The quantitative estimate of drug-likeness (QED) is 0.591. The third-order valence-electron chi connectivity index (χ3n) is 3.91.